The first-order valence-electron chi connectivity index (χ1n) is 7.62. The highest BCUT2D eigenvalue weighted by molar-refractivity contribution is 7.21. The number of thiazole rings is 1. The van der Waals surface area contributed by atoms with Crippen LogP contribution in [0.5, 0.6) is 0 Å². The number of fused-ring (bicyclic) bond motifs is 1. The SMILES string of the molecule is Cc1ccc2nc(-c3ccc(NC(=O)COCCO)cc3)sc2c1. The van der Waals surface area contributed by atoms with E-state index in [1.807, 2.05) is 30.3 Å². The number of ether oxygens (including phenoxy) is 1. The van der Waals surface area contributed by atoms with E-state index in [2.05, 4.69) is 29.4 Å². The standard InChI is InChI=1S/C18H18N2O3S/c1-12-2-7-15-16(10-12)24-18(20-15)13-3-5-14(6-4-13)19-17(22)11-23-9-8-21/h2-7,10,21H,8-9,11H2,1H3,(H,19,22). The van der Waals surface area contributed by atoms with Crippen molar-refractivity contribution < 1.29 is 14.6 Å². The Bertz CT molecular complexity index is 843. The maximum absolute atomic E-state index is 11.7. The monoisotopic (exact) mass is 342 g/mol. The maximum Gasteiger partial charge on any atom is 0.250 e. The van der Waals surface area contributed by atoms with Crippen LogP contribution in [0.25, 0.3) is 20.8 Å². The zero-order valence-electron chi connectivity index (χ0n) is 13.3. The summed E-state index contributed by atoms with van der Waals surface area (Å²) >= 11 is 1.66. The summed E-state index contributed by atoms with van der Waals surface area (Å²) in [6.45, 7) is 2.06. The highest BCUT2D eigenvalue weighted by Crippen LogP contribution is 2.31. The molecule has 0 fully saturated rings. The fourth-order valence-electron chi connectivity index (χ4n) is 2.28. The Morgan fingerprint density at radius 1 is 1.25 bits per heavy atom. The van der Waals surface area contributed by atoms with Gasteiger partial charge in [0.25, 0.3) is 0 Å². The Morgan fingerprint density at radius 3 is 2.79 bits per heavy atom. The number of aliphatic hydroxyl groups is 1. The average molecular weight is 342 g/mol. The number of hydrogen-bond donors (Lipinski definition) is 2. The Balaban J connectivity index is 1.70. The molecule has 5 nitrogen and oxygen atoms in total. The maximum atomic E-state index is 11.7. The number of anilines is 1. The summed E-state index contributed by atoms with van der Waals surface area (Å²) in [5, 5.41) is 12.3. The molecular formula is C18H18N2O3S. The third-order valence-electron chi connectivity index (χ3n) is 3.43. The Morgan fingerprint density at radius 2 is 2.04 bits per heavy atom. The highest BCUT2D eigenvalue weighted by atomic mass is 32.1. The molecule has 1 heterocycles. The lowest BCUT2D eigenvalue weighted by Crippen LogP contribution is -2.19. The van der Waals surface area contributed by atoms with Gasteiger partial charge in [-0.05, 0) is 48.9 Å². The van der Waals surface area contributed by atoms with Gasteiger partial charge in [0, 0.05) is 11.3 Å². The lowest BCUT2D eigenvalue weighted by molar-refractivity contribution is -0.120. The molecule has 0 saturated carbocycles. The molecule has 124 valence electrons. The third-order valence-corrected chi connectivity index (χ3v) is 4.50. The van der Waals surface area contributed by atoms with Gasteiger partial charge in [-0.2, -0.15) is 0 Å². The van der Waals surface area contributed by atoms with Crippen molar-refractivity contribution in [2.45, 2.75) is 6.92 Å². The second-order valence-corrected chi connectivity index (χ2v) is 6.42. The molecule has 1 aromatic heterocycles. The van der Waals surface area contributed by atoms with E-state index in [9.17, 15) is 4.79 Å². The fourth-order valence-corrected chi connectivity index (χ4v) is 3.35. The van der Waals surface area contributed by atoms with E-state index >= 15 is 0 Å². The molecule has 0 spiro atoms. The molecule has 6 heteroatoms. The number of carbonyl (C=O) groups excluding carboxylic acids is 1. The van der Waals surface area contributed by atoms with Gasteiger partial charge in [-0.15, -0.1) is 11.3 Å². The molecule has 24 heavy (non-hydrogen) atoms. The molecule has 2 N–H and O–H groups in total. The number of amides is 1. The number of rotatable bonds is 6. The molecule has 0 atom stereocenters. The lowest BCUT2D eigenvalue weighted by Gasteiger charge is -2.06. The minimum Gasteiger partial charge on any atom is -0.394 e. The van der Waals surface area contributed by atoms with Crippen LogP contribution in [0.1, 0.15) is 5.56 Å². The minimum atomic E-state index is -0.244. The molecule has 0 saturated heterocycles. The number of benzene rings is 2. The van der Waals surface area contributed by atoms with Crippen LogP contribution in [0, 0.1) is 6.92 Å². The van der Waals surface area contributed by atoms with Crippen molar-refractivity contribution in [3.63, 3.8) is 0 Å². The number of hydrogen-bond acceptors (Lipinski definition) is 5. The summed E-state index contributed by atoms with van der Waals surface area (Å²) in [6.07, 6.45) is 0. The summed E-state index contributed by atoms with van der Waals surface area (Å²) in [5.74, 6) is -0.244. The number of carbonyl (C=O) groups is 1. The van der Waals surface area contributed by atoms with Crippen molar-refractivity contribution in [2.24, 2.45) is 0 Å². The molecular weight excluding hydrogens is 324 g/mol. The van der Waals surface area contributed by atoms with E-state index in [0.717, 1.165) is 16.1 Å². The Labute approximate surface area is 143 Å². The van der Waals surface area contributed by atoms with Gasteiger partial charge in [-0.1, -0.05) is 6.07 Å². The van der Waals surface area contributed by atoms with Crippen molar-refractivity contribution in [2.75, 3.05) is 25.1 Å². The van der Waals surface area contributed by atoms with E-state index in [1.54, 1.807) is 11.3 Å². The first kappa shape index (κ1) is 16.6. The van der Waals surface area contributed by atoms with Crippen molar-refractivity contribution in [1.29, 1.82) is 0 Å². The van der Waals surface area contributed by atoms with Gasteiger partial charge in [-0.3, -0.25) is 4.79 Å². The molecule has 0 bridgehead atoms. The molecule has 0 radical (unpaired) electrons. The third kappa shape index (κ3) is 3.97. The second-order valence-electron chi connectivity index (χ2n) is 5.39. The summed E-state index contributed by atoms with van der Waals surface area (Å²) in [4.78, 5) is 16.3. The Kier molecular flexibility index (Phi) is 5.20. The van der Waals surface area contributed by atoms with Crippen LogP contribution in [-0.4, -0.2) is 35.8 Å². The van der Waals surface area contributed by atoms with E-state index in [4.69, 9.17) is 9.84 Å². The Hall–Kier alpha value is -2.28. The molecule has 3 rings (SSSR count). The smallest absolute Gasteiger partial charge is 0.250 e. The van der Waals surface area contributed by atoms with Crippen LogP contribution in [0.2, 0.25) is 0 Å². The van der Waals surface area contributed by atoms with Gasteiger partial charge in [0.05, 0.1) is 23.4 Å². The predicted molar refractivity (Wildman–Crippen MR) is 96.3 cm³/mol. The zero-order valence-corrected chi connectivity index (χ0v) is 14.1. The number of aliphatic hydroxyl groups excluding tert-OH is 1. The van der Waals surface area contributed by atoms with Gasteiger partial charge in [0.2, 0.25) is 5.91 Å². The molecule has 3 aromatic rings. The second kappa shape index (κ2) is 7.53. The van der Waals surface area contributed by atoms with E-state index in [0.29, 0.717) is 5.69 Å². The van der Waals surface area contributed by atoms with E-state index in [1.165, 1.54) is 10.3 Å². The van der Waals surface area contributed by atoms with Crippen molar-refractivity contribution >= 4 is 33.1 Å². The lowest BCUT2D eigenvalue weighted by atomic mass is 10.2. The first-order valence-corrected chi connectivity index (χ1v) is 8.43. The van der Waals surface area contributed by atoms with Crippen molar-refractivity contribution in [3.8, 4) is 10.6 Å². The van der Waals surface area contributed by atoms with E-state index < -0.39 is 0 Å². The molecule has 0 unspecified atom stereocenters. The van der Waals surface area contributed by atoms with Crippen LogP contribution in [0.4, 0.5) is 5.69 Å². The largest absolute Gasteiger partial charge is 0.394 e. The van der Waals surface area contributed by atoms with Crippen LogP contribution >= 0.6 is 11.3 Å². The van der Waals surface area contributed by atoms with Crippen molar-refractivity contribution in [3.05, 3.63) is 48.0 Å². The summed E-state index contributed by atoms with van der Waals surface area (Å²) in [5.41, 5.74) is 3.94. The molecule has 1 amide bonds. The van der Waals surface area contributed by atoms with Crippen LogP contribution in [0.15, 0.2) is 42.5 Å². The van der Waals surface area contributed by atoms with Crippen LogP contribution in [0.3, 0.4) is 0 Å². The number of aryl methyl sites for hydroxylation is 1. The number of nitrogens with zero attached hydrogens (tertiary/aromatic N) is 1. The fraction of sp³-hybridized carbons (Fsp3) is 0.222. The average Bonchev–Trinajstić information content (AvgIpc) is 2.99. The van der Waals surface area contributed by atoms with Gasteiger partial charge >= 0.3 is 0 Å². The normalized spacial score (nSPS) is 10.9. The molecule has 0 aliphatic heterocycles. The first-order chi connectivity index (χ1) is 11.7. The molecule has 0 aliphatic carbocycles. The summed E-state index contributed by atoms with van der Waals surface area (Å²) in [6, 6.07) is 13.8. The van der Waals surface area contributed by atoms with E-state index in [-0.39, 0.29) is 25.7 Å². The van der Waals surface area contributed by atoms with Crippen LogP contribution < -0.4 is 5.32 Å². The molecule has 2 aromatic carbocycles. The summed E-state index contributed by atoms with van der Waals surface area (Å²) in [7, 11) is 0. The number of aromatic nitrogens is 1. The topological polar surface area (TPSA) is 71.5 Å². The summed E-state index contributed by atoms with van der Waals surface area (Å²) < 4.78 is 6.15. The minimum absolute atomic E-state index is 0.0699. The van der Waals surface area contributed by atoms with Crippen molar-refractivity contribution in [1.82, 2.24) is 4.98 Å². The quantitative estimate of drug-likeness (QED) is 0.675. The van der Waals surface area contributed by atoms with Gasteiger partial charge in [0.1, 0.15) is 11.6 Å². The van der Waals surface area contributed by atoms with Gasteiger partial charge < -0.3 is 15.2 Å². The predicted octanol–water partition coefficient (Wildman–Crippen LogP) is 3.22. The van der Waals surface area contributed by atoms with Gasteiger partial charge in [-0.25, -0.2) is 4.98 Å². The molecule has 0 aliphatic rings. The zero-order chi connectivity index (χ0) is 16.9. The highest BCUT2D eigenvalue weighted by Gasteiger charge is 2.07. The number of nitrogens with one attached hydrogen (secondary N) is 1. The van der Waals surface area contributed by atoms with Gasteiger partial charge in [0.15, 0.2) is 0 Å². The van der Waals surface area contributed by atoms with Crippen LogP contribution in [-0.2, 0) is 9.53 Å².